The van der Waals surface area contributed by atoms with E-state index in [4.69, 9.17) is 0 Å². The number of esters is 2. The molecule has 1 rings (SSSR count). The molecule has 1 aliphatic rings. The third-order valence-corrected chi connectivity index (χ3v) is 2.08. The van der Waals surface area contributed by atoms with E-state index in [1.165, 1.54) is 0 Å². The molecule has 86 valence electrons. The molecule has 0 bridgehead atoms. The van der Waals surface area contributed by atoms with Crippen molar-refractivity contribution in [2.75, 3.05) is 0 Å². The standard InChI is InChI=1S/C8H10F3NO3/c1-4-2-3-5(12-4)6(13)15-7(14)8(9,10)11/h4-5,12H,2-3H2,1H3/t4-,5-/m0/s1. The van der Waals surface area contributed by atoms with Crippen LogP contribution >= 0.6 is 0 Å². The van der Waals surface area contributed by atoms with Gasteiger partial charge in [0.1, 0.15) is 6.04 Å². The van der Waals surface area contributed by atoms with Crippen molar-refractivity contribution in [3.63, 3.8) is 0 Å². The Bertz CT molecular complexity index is 277. The van der Waals surface area contributed by atoms with Gasteiger partial charge in [-0.3, -0.25) is 0 Å². The zero-order valence-electron chi connectivity index (χ0n) is 7.93. The van der Waals surface area contributed by atoms with Gasteiger partial charge in [-0.15, -0.1) is 0 Å². The zero-order chi connectivity index (χ0) is 11.6. The summed E-state index contributed by atoms with van der Waals surface area (Å²) in [7, 11) is 0. The number of alkyl halides is 3. The summed E-state index contributed by atoms with van der Waals surface area (Å²) in [4.78, 5) is 21.4. The summed E-state index contributed by atoms with van der Waals surface area (Å²) < 4.78 is 38.9. The SMILES string of the molecule is C[C@H]1CC[C@@H](C(=O)OC(=O)C(F)(F)F)N1. The number of carbonyl (C=O) groups is 2. The number of hydrogen-bond acceptors (Lipinski definition) is 4. The number of hydrogen-bond donors (Lipinski definition) is 1. The normalized spacial score (nSPS) is 26.4. The van der Waals surface area contributed by atoms with Crippen LogP contribution in [0.25, 0.3) is 0 Å². The summed E-state index contributed by atoms with van der Waals surface area (Å²) in [5.41, 5.74) is 0. The summed E-state index contributed by atoms with van der Waals surface area (Å²) in [5.74, 6) is -3.63. The van der Waals surface area contributed by atoms with Gasteiger partial charge in [0, 0.05) is 6.04 Å². The highest BCUT2D eigenvalue weighted by atomic mass is 19.4. The molecule has 1 fully saturated rings. The Morgan fingerprint density at radius 1 is 1.33 bits per heavy atom. The monoisotopic (exact) mass is 225 g/mol. The van der Waals surface area contributed by atoms with Gasteiger partial charge in [-0.1, -0.05) is 0 Å². The Morgan fingerprint density at radius 2 is 1.93 bits per heavy atom. The second kappa shape index (κ2) is 4.18. The molecule has 15 heavy (non-hydrogen) atoms. The van der Waals surface area contributed by atoms with Crippen molar-refractivity contribution in [3.8, 4) is 0 Å². The molecular weight excluding hydrogens is 215 g/mol. The van der Waals surface area contributed by atoms with Gasteiger partial charge in [-0.05, 0) is 19.8 Å². The second-order valence-electron chi connectivity index (χ2n) is 3.40. The van der Waals surface area contributed by atoms with Crippen LogP contribution in [0.4, 0.5) is 13.2 Å². The predicted molar refractivity (Wildman–Crippen MR) is 42.8 cm³/mol. The van der Waals surface area contributed by atoms with E-state index in [-0.39, 0.29) is 6.04 Å². The molecule has 0 aromatic rings. The van der Waals surface area contributed by atoms with E-state index in [2.05, 4.69) is 10.1 Å². The summed E-state index contributed by atoms with van der Waals surface area (Å²) in [5, 5.41) is 2.72. The van der Waals surface area contributed by atoms with Crippen molar-refractivity contribution < 1.29 is 27.5 Å². The first-order valence-electron chi connectivity index (χ1n) is 4.39. The van der Waals surface area contributed by atoms with Crippen molar-refractivity contribution >= 4 is 11.9 Å². The highest BCUT2D eigenvalue weighted by Crippen LogP contribution is 2.18. The molecule has 7 heteroatoms. The number of carbonyl (C=O) groups excluding carboxylic acids is 2. The fourth-order valence-electron chi connectivity index (χ4n) is 1.33. The lowest BCUT2D eigenvalue weighted by Gasteiger charge is -2.11. The van der Waals surface area contributed by atoms with Crippen molar-refractivity contribution in [1.29, 1.82) is 0 Å². The minimum absolute atomic E-state index is 0.0449. The van der Waals surface area contributed by atoms with Gasteiger partial charge in [0.25, 0.3) is 0 Å². The van der Waals surface area contributed by atoms with Crippen molar-refractivity contribution in [3.05, 3.63) is 0 Å². The van der Waals surface area contributed by atoms with Crippen LogP contribution in [-0.2, 0) is 14.3 Å². The molecule has 1 aliphatic heterocycles. The van der Waals surface area contributed by atoms with Gasteiger partial charge >= 0.3 is 18.1 Å². The van der Waals surface area contributed by atoms with Crippen molar-refractivity contribution in [1.82, 2.24) is 5.32 Å². The van der Waals surface area contributed by atoms with Crippen LogP contribution in [0.5, 0.6) is 0 Å². The maximum absolute atomic E-state index is 11.7. The molecule has 4 nitrogen and oxygen atoms in total. The number of nitrogens with one attached hydrogen (secondary N) is 1. The summed E-state index contributed by atoms with van der Waals surface area (Å²) in [6.45, 7) is 1.79. The number of ether oxygens (including phenoxy) is 1. The third kappa shape index (κ3) is 3.19. The van der Waals surface area contributed by atoms with Gasteiger partial charge in [0.2, 0.25) is 0 Å². The molecule has 0 unspecified atom stereocenters. The Kier molecular flexibility index (Phi) is 3.33. The van der Waals surface area contributed by atoms with E-state index >= 15 is 0 Å². The average molecular weight is 225 g/mol. The molecule has 1 N–H and O–H groups in total. The molecule has 0 radical (unpaired) electrons. The highest BCUT2D eigenvalue weighted by Gasteiger charge is 2.43. The summed E-state index contributed by atoms with van der Waals surface area (Å²) in [6.07, 6.45) is -4.08. The number of halogens is 3. The molecule has 0 amide bonds. The van der Waals surface area contributed by atoms with Gasteiger partial charge < -0.3 is 10.1 Å². The van der Waals surface area contributed by atoms with E-state index in [0.717, 1.165) is 0 Å². The second-order valence-corrected chi connectivity index (χ2v) is 3.40. The Morgan fingerprint density at radius 3 is 2.33 bits per heavy atom. The maximum Gasteiger partial charge on any atom is 0.491 e. The van der Waals surface area contributed by atoms with Crippen LogP contribution in [0, 0.1) is 0 Å². The molecule has 0 aliphatic carbocycles. The lowest BCUT2D eigenvalue weighted by atomic mass is 10.2. The highest BCUT2D eigenvalue weighted by molar-refractivity contribution is 5.91. The average Bonchev–Trinajstić information content (AvgIpc) is 2.50. The quantitative estimate of drug-likeness (QED) is 0.528. The van der Waals surface area contributed by atoms with Crippen LogP contribution in [0.15, 0.2) is 0 Å². The molecular formula is C8H10F3NO3. The molecule has 1 saturated heterocycles. The topological polar surface area (TPSA) is 55.4 Å². The van der Waals surface area contributed by atoms with Crippen LogP contribution in [-0.4, -0.2) is 30.2 Å². The maximum atomic E-state index is 11.7. The summed E-state index contributed by atoms with van der Waals surface area (Å²) >= 11 is 0. The molecule has 0 saturated carbocycles. The van der Waals surface area contributed by atoms with Crippen LogP contribution in [0.2, 0.25) is 0 Å². The first-order chi connectivity index (χ1) is 6.80. The first-order valence-corrected chi connectivity index (χ1v) is 4.39. The van der Waals surface area contributed by atoms with Crippen molar-refractivity contribution in [2.24, 2.45) is 0 Å². The molecule has 1 heterocycles. The lowest BCUT2D eigenvalue weighted by Crippen LogP contribution is -2.39. The predicted octanol–water partition coefficient (Wildman–Crippen LogP) is 0.759. The van der Waals surface area contributed by atoms with E-state index in [0.29, 0.717) is 12.8 Å². The first kappa shape index (κ1) is 12.0. The smallest absolute Gasteiger partial charge is 0.385 e. The van der Waals surface area contributed by atoms with Crippen molar-refractivity contribution in [2.45, 2.75) is 38.0 Å². The fraction of sp³-hybridized carbons (Fsp3) is 0.750. The van der Waals surface area contributed by atoms with E-state index in [1.54, 1.807) is 6.92 Å². The van der Waals surface area contributed by atoms with Gasteiger partial charge in [0.05, 0.1) is 0 Å². The van der Waals surface area contributed by atoms with Gasteiger partial charge in [-0.25, -0.2) is 9.59 Å². The van der Waals surface area contributed by atoms with E-state index in [9.17, 15) is 22.8 Å². The Labute approximate surface area is 83.8 Å². The van der Waals surface area contributed by atoms with E-state index < -0.39 is 24.2 Å². The van der Waals surface area contributed by atoms with E-state index in [1.807, 2.05) is 0 Å². The molecule has 0 aromatic heterocycles. The van der Waals surface area contributed by atoms with Crippen LogP contribution in [0.1, 0.15) is 19.8 Å². The Balaban J connectivity index is 2.46. The minimum atomic E-state index is -5.13. The molecule has 2 atom stereocenters. The van der Waals surface area contributed by atoms with Crippen LogP contribution < -0.4 is 5.32 Å². The van der Waals surface area contributed by atoms with Gasteiger partial charge in [0.15, 0.2) is 0 Å². The van der Waals surface area contributed by atoms with Crippen LogP contribution in [0.3, 0.4) is 0 Å². The fourth-order valence-corrected chi connectivity index (χ4v) is 1.33. The van der Waals surface area contributed by atoms with Gasteiger partial charge in [-0.2, -0.15) is 13.2 Å². The largest absolute Gasteiger partial charge is 0.491 e. The number of rotatable bonds is 1. The third-order valence-electron chi connectivity index (χ3n) is 2.08. The minimum Gasteiger partial charge on any atom is -0.385 e. The zero-order valence-corrected chi connectivity index (χ0v) is 7.93. The molecule has 0 spiro atoms. The lowest BCUT2D eigenvalue weighted by molar-refractivity contribution is -0.202. The Hall–Kier alpha value is -1.11. The summed E-state index contributed by atoms with van der Waals surface area (Å²) in [6, 6.07) is -0.769. The molecule has 0 aromatic carbocycles.